The van der Waals surface area contributed by atoms with Crippen molar-refractivity contribution in [1.82, 2.24) is 0 Å². The number of benzene rings is 3. The minimum atomic E-state index is -0.178. The van der Waals surface area contributed by atoms with Crippen molar-refractivity contribution in [3.05, 3.63) is 87.4 Å². The molecule has 0 bridgehead atoms. The van der Waals surface area contributed by atoms with Gasteiger partial charge in [0, 0.05) is 21.8 Å². The van der Waals surface area contributed by atoms with Gasteiger partial charge in [-0.25, -0.2) is 0 Å². The van der Waals surface area contributed by atoms with E-state index in [2.05, 4.69) is 5.32 Å². The topological polar surface area (TPSA) is 47.6 Å². The van der Waals surface area contributed by atoms with Crippen molar-refractivity contribution in [3.8, 4) is 11.5 Å². The summed E-state index contributed by atoms with van der Waals surface area (Å²) in [4.78, 5) is 12.8. The molecule has 0 aliphatic carbocycles. The Morgan fingerprint density at radius 3 is 2.45 bits per heavy atom. The van der Waals surface area contributed by atoms with Crippen LogP contribution in [0.5, 0.6) is 11.5 Å². The van der Waals surface area contributed by atoms with E-state index in [0.717, 1.165) is 27.9 Å². The highest BCUT2D eigenvalue weighted by molar-refractivity contribution is 6.31. The van der Waals surface area contributed by atoms with Gasteiger partial charge in [-0.3, -0.25) is 4.79 Å². The predicted octanol–water partition coefficient (Wildman–Crippen LogP) is 6.11. The Balaban J connectivity index is 1.78. The van der Waals surface area contributed by atoms with E-state index in [0.29, 0.717) is 22.1 Å². The molecule has 1 N–H and O–H groups in total. The molecule has 0 saturated carbocycles. The molecule has 0 unspecified atom stereocenters. The molecule has 0 aromatic heterocycles. The zero-order valence-electron chi connectivity index (χ0n) is 17.0. The molecule has 0 saturated heterocycles. The summed E-state index contributed by atoms with van der Waals surface area (Å²) < 4.78 is 11.3. The first-order valence-electron chi connectivity index (χ1n) is 9.32. The van der Waals surface area contributed by atoms with Gasteiger partial charge in [-0.15, -0.1) is 0 Å². The minimum absolute atomic E-state index is 0.178. The van der Waals surface area contributed by atoms with Crippen molar-refractivity contribution < 1.29 is 14.3 Å². The third-order valence-corrected chi connectivity index (χ3v) is 5.12. The number of hydrogen-bond acceptors (Lipinski definition) is 3. The monoisotopic (exact) mass is 409 g/mol. The number of halogens is 1. The lowest BCUT2D eigenvalue weighted by molar-refractivity contribution is 0.102. The van der Waals surface area contributed by atoms with Gasteiger partial charge in [0.05, 0.1) is 7.11 Å². The fourth-order valence-electron chi connectivity index (χ4n) is 3.05. The van der Waals surface area contributed by atoms with Gasteiger partial charge in [-0.1, -0.05) is 29.3 Å². The van der Waals surface area contributed by atoms with Crippen LogP contribution in [-0.4, -0.2) is 13.0 Å². The Morgan fingerprint density at radius 2 is 1.76 bits per heavy atom. The number of hydrogen-bond donors (Lipinski definition) is 1. The van der Waals surface area contributed by atoms with Crippen molar-refractivity contribution in [3.63, 3.8) is 0 Å². The number of aryl methyl sites for hydroxylation is 3. The van der Waals surface area contributed by atoms with Crippen molar-refractivity contribution in [2.45, 2.75) is 27.4 Å². The SMILES string of the molecule is COc1ccc(C(=O)Nc2ccc(C)cc2C)cc1COc1ccc(Cl)c(C)c1. The zero-order chi connectivity index (χ0) is 21.0. The lowest BCUT2D eigenvalue weighted by Crippen LogP contribution is -2.13. The highest BCUT2D eigenvalue weighted by atomic mass is 35.5. The second-order valence-corrected chi connectivity index (χ2v) is 7.41. The maximum atomic E-state index is 12.8. The molecule has 29 heavy (non-hydrogen) atoms. The first-order valence-corrected chi connectivity index (χ1v) is 9.69. The predicted molar refractivity (Wildman–Crippen MR) is 117 cm³/mol. The summed E-state index contributed by atoms with van der Waals surface area (Å²) in [5.74, 6) is 1.20. The maximum absolute atomic E-state index is 12.8. The summed E-state index contributed by atoms with van der Waals surface area (Å²) >= 11 is 6.07. The van der Waals surface area contributed by atoms with Crippen LogP contribution < -0.4 is 14.8 Å². The number of carbonyl (C=O) groups excluding carboxylic acids is 1. The number of amides is 1. The lowest BCUT2D eigenvalue weighted by atomic mass is 10.1. The third-order valence-electron chi connectivity index (χ3n) is 4.70. The van der Waals surface area contributed by atoms with Gasteiger partial charge in [-0.05, 0) is 74.4 Å². The molecule has 0 atom stereocenters. The van der Waals surface area contributed by atoms with Crippen LogP contribution in [0.1, 0.15) is 32.6 Å². The average molecular weight is 410 g/mol. The molecular weight excluding hydrogens is 386 g/mol. The van der Waals surface area contributed by atoms with Gasteiger partial charge in [0.25, 0.3) is 5.91 Å². The van der Waals surface area contributed by atoms with Crippen LogP contribution in [0, 0.1) is 20.8 Å². The zero-order valence-corrected chi connectivity index (χ0v) is 17.8. The number of methoxy groups -OCH3 is 1. The van der Waals surface area contributed by atoms with E-state index in [9.17, 15) is 4.79 Å². The third kappa shape index (κ3) is 5.09. The summed E-state index contributed by atoms with van der Waals surface area (Å²) in [6.07, 6.45) is 0. The Morgan fingerprint density at radius 1 is 0.966 bits per heavy atom. The fourth-order valence-corrected chi connectivity index (χ4v) is 3.17. The summed E-state index contributed by atoms with van der Waals surface area (Å²) in [5, 5.41) is 3.67. The molecule has 1 amide bonds. The number of ether oxygens (including phenoxy) is 2. The highest BCUT2D eigenvalue weighted by Gasteiger charge is 2.12. The van der Waals surface area contributed by atoms with Crippen molar-refractivity contribution in [2.75, 3.05) is 12.4 Å². The number of anilines is 1. The van der Waals surface area contributed by atoms with Gasteiger partial charge in [0.2, 0.25) is 0 Å². The molecule has 3 aromatic rings. The van der Waals surface area contributed by atoms with E-state index in [1.807, 2.05) is 51.1 Å². The molecule has 0 radical (unpaired) electrons. The molecule has 0 spiro atoms. The van der Waals surface area contributed by atoms with E-state index < -0.39 is 0 Å². The molecule has 5 heteroatoms. The van der Waals surface area contributed by atoms with Gasteiger partial charge in [-0.2, -0.15) is 0 Å². The average Bonchev–Trinajstić information content (AvgIpc) is 2.70. The van der Waals surface area contributed by atoms with E-state index in [1.54, 1.807) is 31.4 Å². The largest absolute Gasteiger partial charge is 0.496 e. The quantitative estimate of drug-likeness (QED) is 0.534. The van der Waals surface area contributed by atoms with Crippen molar-refractivity contribution >= 4 is 23.2 Å². The molecule has 0 aliphatic heterocycles. The molecule has 4 nitrogen and oxygen atoms in total. The normalized spacial score (nSPS) is 10.5. The smallest absolute Gasteiger partial charge is 0.255 e. The Bertz CT molecular complexity index is 1050. The van der Waals surface area contributed by atoms with Crippen LogP contribution >= 0.6 is 11.6 Å². The van der Waals surface area contributed by atoms with Crippen molar-refractivity contribution in [1.29, 1.82) is 0 Å². The van der Waals surface area contributed by atoms with Crippen LogP contribution in [0.3, 0.4) is 0 Å². The summed E-state index contributed by atoms with van der Waals surface area (Å²) in [7, 11) is 1.60. The number of carbonyl (C=O) groups is 1. The molecular formula is C24H24ClNO3. The first-order chi connectivity index (χ1) is 13.9. The van der Waals surface area contributed by atoms with Crippen LogP contribution in [-0.2, 0) is 6.61 Å². The number of nitrogens with one attached hydrogen (secondary N) is 1. The Labute approximate surface area is 176 Å². The molecule has 0 heterocycles. The second-order valence-electron chi connectivity index (χ2n) is 7.00. The lowest BCUT2D eigenvalue weighted by Gasteiger charge is -2.14. The van der Waals surface area contributed by atoms with Crippen molar-refractivity contribution in [2.24, 2.45) is 0 Å². The minimum Gasteiger partial charge on any atom is -0.496 e. The molecule has 3 rings (SSSR count). The maximum Gasteiger partial charge on any atom is 0.255 e. The second kappa shape index (κ2) is 9.01. The van der Waals surface area contributed by atoms with Crippen LogP contribution in [0.4, 0.5) is 5.69 Å². The first kappa shape index (κ1) is 20.7. The summed E-state index contributed by atoms with van der Waals surface area (Å²) in [6, 6.07) is 16.7. The molecule has 3 aromatic carbocycles. The fraction of sp³-hybridized carbons (Fsp3) is 0.208. The Kier molecular flexibility index (Phi) is 6.45. The Hall–Kier alpha value is -2.98. The summed E-state index contributed by atoms with van der Waals surface area (Å²) in [5.41, 5.74) is 5.24. The standard InChI is InChI=1S/C24H24ClNO3/c1-15-5-9-22(17(3)11-15)26-24(27)18-6-10-23(28-4)19(13-18)14-29-20-7-8-21(25)16(2)12-20/h5-13H,14H2,1-4H3,(H,26,27). The van der Waals surface area contributed by atoms with Gasteiger partial charge >= 0.3 is 0 Å². The van der Waals surface area contributed by atoms with Crippen LogP contribution in [0.15, 0.2) is 54.6 Å². The molecule has 150 valence electrons. The van der Waals surface area contributed by atoms with E-state index in [-0.39, 0.29) is 12.5 Å². The summed E-state index contributed by atoms with van der Waals surface area (Å²) in [6.45, 7) is 6.20. The van der Waals surface area contributed by atoms with Gasteiger partial charge < -0.3 is 14.8 Å². The van der Waals surface area contributed by atoms with Crippen LogP contribution in [0.2, 0.25) is 5.02 Å². The van der Waals surface area contributed by atoms with E-state index in [1.165, 1.54) is 0 Å². The van der Waals surface area contributed by atoms with Crippen LogP contribution in [0.25, 0.3) is 0 Å². The van der Waals surface area contributed by atoms with Gasteiger partial charge in [0.15, 0.2) is 0 Å². The molecule has 0 aliphatic rings. The highest BCUT2D eigenvalue weighted by Crippen LogP contribution is 2.25. The van der Waals surface area contributed by atoms with Gasteiger partial charge in [0.1, 0.15) is 18.1 Å². The van der Waals surface area contributed by atoms with E-state index in [4.69, 9.17) is 21.1 Å². The van der Waals surface area contributed by atoms with E-state index >= 15 is 0 Å². The molecule has 0 fully saturated rings. The number of rotatable bonds is 6.